The third-order valence-electron chi connectivity index (χ3n) is 14.0. The van der Waals surface area contributed by atoms with E-state index in [4.69, 9.17) is 9.97 Å². The van der Waals surface area contributed by atoms with Crippen molar-refractivity contribution in [3.63, 3.8) is 0 Å². The number of pyridine rings is 2. The quantitative estimate of drug-likeness (QED) is 0.173. The highest BCUT2D eigenvalue weighted by molar-refractivity contribution is 6.17. The molecule has 0 bridgehead atoms. The van der Waals surface area contributed by atoms with Gasteiger partial charge < -0.3 is 18.3 Å². The Morgan fingerprint density at radius 2 is 0.647 bits per heavy atom. The highest BCUT2D eigenvalue weighted by Gasteiger charge is 2.35. The van der Waals surface area contributed by atoms with Crippen molar-refractivity contribution >= 4 is 87.2 Å². The summed E-state index contributed by atoms with van der Waals surface area (Å²) in [5.41, 5.74) is 15.9. The number of para-hydroxylation sites is 6. The van der Waals surface area contributed by atoms with Gasteiger partial charge in [0.15, 0.2) is 0 Å². The van der Waals surface area contributed by atoms with Crippen molar-refractivity contribution in [1.29, 1.82) is 5.26 Å². The normalized spacial score (nSPS) is 12.0. The molecular weight excluding hydrogens is 831 g/mol. The summed E-state index contributed by atoms with van der Waals surface area (Å²) in [7, 11) is 0. The number of aromatic nitrogens is 6. The van der Waals surface area contributed by atoms with Crippen LogP contribution in [0, 0.1) is 25.2 Å². The first kappa shape index (κ1) is 38.1. The third kappa shape index (κ3) is 5.17. The zero-order valence-electron chi connectivity index (χ0n) is 37.2. The maximum absolute atomic E-state index is 12.6. The minimum atomic E-state index is 0.519. The maximum Gasteiger partial charge on any atom is 0.104 e. The molecule has 0 aliphatic heterocycles. The fraction of sp³-hybridized carbons (Fsp3) is 0.0328. The average Bonchev–Trinajstić information content (AvgIpc) is 4.10. The molecule has 318 valence electrons. The van der Waals surface area contributed by atoms with E-state index in [2.05, 4.69) is 214 Å². The minimum absolute atomic E-state index is 0.519. The van der Waals surface area contributed by atoms with Crippen LogP contribution in [0.1, 0.15) is 16.7 Å². The van der Waals surface area contributed by atoms with Crippen LogP contribution in [0.25, 0.3) is 121 Å². The van der Waals surface area contributed by atoms with Crippen LogP contribution in [-0.4, -0.2) is 28.2 Å². The number of hydrogen-bond donors (Lipinski definition) is 0. The van der Waals surface area contributed by atoms with Crippen LogP contribution < -0.4 is 0 Å². The predicted molar refractivity (Wildman–Crippen MR) is 279 cm³/mol. The van der Waals surface area contributed by atoms with Crippen LogP contribution in [0.4, 0.5) is 0 Å². The number of nitriles is 1. The SMILES string of the molecule is Cc1cc(C)cc(-c2c(-n3c4ccccc4c4ccncc43)c(-n3c4ccccc4c4ccccc43)c(C#N)c(-n3c4ccccc4c4ccccc43)c2-n2c3ccccc3c3ccncc32)c1. The average molecular weight is 870 g/mol. The van der Waals surface area contributed by atoms with Gasteiger partial charge in [-0.15, -0.1) is 0 Å². The lowest BCUT2D eigenvalue weighted by Gasteiger charge is -2.29. The highest BCUT2D eigenvalue weighted by atomic mass is 15.1. The summed E-state index contributed by atoms with van der Waals surface area (Å²) in [5.74, 6) is 0. The Morgan fingerprint density at radius 3 is 0.971 bits per heavy atom. The second-order valence-electron chi connectivity index (χ2n) is 17.9. The molecule has 0 N–H and O–H groups in total. The smallest absolute Gasteiger partial charge is 0.104 e. The van der Waals surface area contributed by atoms with Crippen LogP contribution >= 0.6 is 0 Å². The van der Waals surface area contributed by atoms with E-state index in [-0.39, 0.29) is 0 Å². The molecule has 0 atom stereocenters. The molecular formula is C61H39N7. The zero-order valence-corrected chi connectivity index (χ0v) is 37.2. The number of rotatable bonds is 5. The number of fused-ring (bicyclic) bond motifs is 12. The van der Waals surface area contributed by atoms with Gasteiger partial charge in [0, 0.05) is 61.0 Å². The van der Waals surface area contributed by atoms with Gasteiger partial charge >= 0.3 is 0 Å². The van der Waals surface area contributed by atoms with Crippen molar-refractivity contribution in [2.75, 3.05) is 0 Å². The summed E-state index contributed by atoms with van der Waals surface area (Å²) >= 11 is 0. The number of aryl methyl sites for hydroxylation is 2. The van der Waals surface area contributed by atoms with Crippen molar-refractivity contribution in [3.8, 4) is 39.9 Å². The lowest BCUT2D eigenvalue weighted by Crippen LogP contribution is -2.16. The van der Waals surface area contributed by atoms with Crippen LogP contribution in [0.5, 0.6) is 0 Å². The Morgan fingerprint density at radius 1 is 0.353 bits per heavy atom. The molecule has 0 aliphatic carbocycles. The van der Waals surface area contributed by atoms with E-state index in [1.54, 1.807) is 0 Å². The third-order valence-corrected chi connectivity index (χ3v) is 14.0. The van der Waals surface area contributed by atoms with Gasteiger partial charge in [0.05, 0.1) is 79.3 Å². The Kier molecular flexibility index (Phi) is 8.05. The molecule has 7 heteroatoms. The molecule has 7 nitrogen and oxygen atoms in total. The second kappa shape index (κ2) is 14.4. The Balaban J connectivity index is 1.38. The number of benzene rings is 8. The summed E-state index contributed by atoms with van der Waals surface area (Å²) in [5, 5.41) is 21.4. The molecule has 8 aromatic carbocycles. The molecule has 0 aliphatic rings. The van der Waals surface area contributed by atoms with Crippen LogP contribution in [0.15, 0.2) is 201 Å². The molecule has 14 rings (SSSR count). The molecule has 0 saturated carbocycles. The van der Waals surface area contributed by atoms with E-state index >= 15 is 0 Å². The Labute approximate surface area is 390 Å². The molecule has 0 unspecified atom stereocenters. The lowest BCUT2D eigenvalue weighted by molar-refractivity contribution is 1.03. The molecule has 0 amide bonds. The zero-order chi connectivity index (χ0) is 45.2. The van der Waals surface area contributed by atoms with Crippen molar-refractivity contribution in [3.05, 3.63) is 217 Å². The van der Waals surface area contributed by atoms with E-state index in [1.165, 1.54) is 0 Å². The lowest BCUT2D eigenvalue weighted by atomic mass is 9.91. The molecule has 0 saturated heterocycles. The summed E-state index contributed by atoms with van der Waals surface area (Å²) < 4.78 is 9.48. The van der Waals surface area contributed by atoms with Gasteiger partial charge in [0.2, 0.25) is 0 Å². The molecule has 68 heavy (non-hydrogen) atoms. The highest BCUT2D eigenvalue weighted by Crippen LogP contribution is 2.51. The van der Waals surface area contributed by atoms with Gasteiger partial charge in [0.25, 0.3) is 0 Å². The van der Waals surface area contributed by atoms with Gasteiger partial charge in [-0.05, 0) is 67.9 Å². The first-order valence-electron chi connectivity index (χ1n) is 23.0. The van der Waals surface area contributed by atoms with Crippen molar-refractivity contribution in [2.45, 2.75) is 13.8 Å². The molecule has 14 aromatic rings. The maximum atomic E-state index is 12.6. The summed E-state index contributed by atoms with van der Waals surface area (Å²) in [4.78, 5) is 9.66. The second-order valence-corrected chi connectivity index (χ2v) is 17.9. The van der Waals surface area contributed by atoms with E-state index < -0.39 is 0 Å². The van der Waals surface area contributed by atoms with Crippen LogP contribution in [0.3, 0.4) is 0 Å². The molecule has 6 aromatic heterocycles. The number of hydrogen-bond acceptors (Lipinski definition) is 3. The standard InChI is InChI=1S/C61H39N7/c1-37-31-38(2)33-39(32-37)57-60(67-53-25-13-7-19-44(53)46-27-29-63-35-55(46)67)58(65-49-21-9-3-15-40(49)41-16-4-10-22-50(41)65)48(34-62)59(66-51-23-11-5-17-42(51)43-18-6-12-24-52(43)66)61(57)68-54-26-14-8-20-45(54)47-28-30-64-36-56(47)68/h3-33,35-36H,1-2H3. The first-order chi connectivity index (χ1) is 33.6. The van der Waals surface area contributed by atoms with E-state index in [9.17, 15) is 5.26 Å². The van der Waals surface area contributed by atoms with Crippen molar-refractivity contribution in [2.24, 2.45) is 0 Å². The van der Waals surface area contributed by atoms with Crippen LogP contribution in [0.2, 0.25) is 0 Å². The minimum Gasteiger partial charge on any atom is -0.306 e. The summed E-state index contributed by atoms with van der Waals surface area (Å²) in [6.45, 7) is 4.35. The van der Waals surface area contributed by atoms with E-state index in [0.717, 1.165) is 132 Å². The molecule has 0 fully saturated rings. The fourth-order valence-electron chi connectivity index (χ4n) is 11.5. The van der Waals surface area contributed by atoms with Gasteiger partial charge in [-0.1, -0.05) is 139 Å². The molecule has 0 radical (unpaired) electrons. The van der Waals surface area contributed by atoms with E-state index in [0.29, 0.717) is 5.56 Å². The van der Waals surface area contributed by atoms with Gasteiger partial charge in [-0.25, -0.2) is 0 Å². The largest absolute Gasteiger partial charge is 0.306 e. The monoisotopic (exact) mass is 869 g/mol. The van der Waals surface area contributed by atoms with Crippen molar-refractivity contribution < 1.29 is 0 Å². The van der Waals surface area contributed by atoms with Gasteiger partial charge in [-0.2, -0.15) is 5.26 Å². The van der Waals surface area contributed by atoms with E-state index in [1.807, 2.05) is 24.8 Å². The predicted octanol–water partition coefficient (Wildman–Crippen LogP) is 15.0. The topological polar surface area (TPSA) is 69.3 Å². The molecule has 6 heterocycles. The van der Waals surface area contributed by atoms with Gasteiger partial charge in [-0.3, -0.25) is 9.97 Å². The number of nitrogens with zero attached hydrogens (tertiary/aromatic N) is 7. The Bertz CT molecular complexity index is 4010. The van der Waals surface area contributed by atoms with Crippen molar-refractivity contribution in [1.82, 2.24) is 28.2 Å². The summed E-state index contributed by atoms with van der Waals surface area (Å²) in [6, 6.07) is 65.7. The first-order valence-corrected chi connectivity index (χ1v) is 23.0. The Hall–Kier alpha value is -9.25. The van der Waals surface area contributed by atoms with Gasteiger partial charge in [0.1, 0.15) is 11.6 Å². The molecule has 0 spiro atoms. The summed E-state index contributed by atoms with van der Waals surface area (Å²) in [6.07, 6.45) is 7.71. The fourth-order valence-corrected chi connectivity index (χ4v) is 11.5. The van der Waals surface area contributed by atoms with Crippen LogP contribution in [-0.2, 0) is 0 Å².